The lowest BCUT2D eigenvalue weighted by atomic mass is 10.1. The summed E-state index contributed by atoms with van der Waals surface area (Å²) in [6.45, 7) is 5.94. The molecule has 0 N–H and O–H groups in total. The van der Waals surface area contributed by atoms with Crippen LogP contribution >= 0.6 is 34.5 Å². The zero-order valence-electron chi connectivity index (χ0n) is 15.3. The predicted molar refractivity (Wildman–Crippen MR) is 109 cm³/mol. The van der Waals surface area contributed by atoms with Gasteiger partial charge in [-0.2, -0.15) is 0 Å². The summed E-state index contributed by atoms with van der Waals surface area (Å²) in [5.41, 5.74) is 1.26. The molecule has 0 radical (unpaired) electrons. The third-order valence-electron chi connectivity index (χ3n) is 4.46. The molecule has 0 bridgehead atoms. The fourth-order valence-corrected chi connectivity index (χ4v) is 4.75. The van der Waals surface area contributed by atoms with Gasteiger partial charge < -0.3 is 9.80 Å². The third-order valence-corrected chi connectivity index (χ3v) is 6.10. The van der Waals surface area contributed by atoms with E-state index in [-0.39, 0.29) is 11.8 Å². The first-order valence-electron chi connectivity index (χ1n) is 8.90. The maximum absolute atomic E-state index is 12.8. The summed E-state index contributed by atoms with van der Waals surface area (Å²) in [7, 11) is 0. The Morgan fingerprint density at radius 1 is 1.04 bits per heavy atom. The first-order chi connectivity index (χ1) is 12.9. The Bertz CT molecular complexity index is 840. The van der Waals surface area contributed by atoms with Crippen LogP contribution in [0.25, 0.3) is 0 Å². The Balaban J connectivity index is 1.64. The first kappa shape index (κ1) is 20.1. The van der Waals surface area contributed by atoms with Crippen LogP contribution in [-0.4, -0.2) is 52.8 Å². The third kappa shape index (κ3) is 4.62. The van der Waals surface area contributed by atoms with Crippen LogP contribution in [0.4, 0.5) is 0 Å². The highest BCUT2D eigenvalue weighted by molar-refractivity contribution is 7.13. The number of carbonyl (C=O) groups excluding carboxylic acids is 2. The van der Waals surface area contributed by atoms with Gasteiger partial charge in [-0.05, 0) is 38.0 Å². The minimum atomic E-state index is -0.120. The number of nitrogens with zero attached hydrogens (tertiary/aromatic N) is 3. The molecular weight excluding hydrogens is 405 g/mol. The predicted octanol–water partition coefficient (Wildman–Crippen LogP) is 4.31. The van der Waals surface area contributed by atoms with Crippen molar-refractivity contribution in [3.63, 3.8) is 0 Å². The molecule has 0 saturated carbocycles. The summed E-state index contributed by atoms with van der Waals surface area (Å²) in [4.78, 5) is 34.2. The van der Waals surface area contributed by atoms with E-state index in [1.165, 1.54) is 11.3 Å². The molecule has 5 nitrogen and oxygen atoms in total. The number of thiazole rings is 1. The molecule has 1 saturated heterocycles. The molecule has 0 unspecified atom stereocenters. The zero-order valence-corrected chi connectivity index (χ0v) is 17.6. The van der Waals surface area contributed by atoms with Gasteiger partial charge in [0, 0.05) is 41.8 Å². The minimum Gasteiger partial charge on any atom is -0.335 e. The van der Waals surface area contributed by atoms with E-state index in [4.69, 9.17) is 23.2 Å². The molecule has 1 fully saturated rings. The van der Waals surface area contributed by atoms with Crippen molar-refractivity contribution < 1.29 is 9.59 Å². The summed E-state index contributed by atoms with van der Waals surface area (Å²) in [5, 5.41) is 1.87. The monoisotopic (exact) mass is 425 g/mol. The van der Waals surface area contributed by atoms with E-state index in [1.807, 2.05) is 6.92 Å². The second-order valence-corrected chi connectivity index (χ2v) is 8.47. The van der Waals surface area contributed by atoms with E-state index >= 15 is 0 Å². The molecule has 144 valence electrons. The lowest BCUT2D eigenvalue weighted by Crippen LogP contribution is -2.50. The molecule has 0 aliphatic carbocycles. The number of carbonyl (C=O) groups is 2. The Morgan fingerprint density at radius 2 is 1.59 bits per heavy atom. The van der Waals surface area contributed by atoms with E-state index < -0.39 is 0 Å². The lowest BCUT2D eigenvalue weighted by Gasteiger charge is -2.34. The van der Waals surface area contributed by atoms with Crippen molar-refractivity contribution >= 4 is 46.4 Å². The maximum atomic E-state index is 12.8. The number of hydrogen-bond donors (Lipinski definition) is 0. The van der Waals surface area contributed by atoms with E-state index in [0.29, 0.717) is 46.7 Å². The minimum absolute atomic E-state index is 0.00486. The number of piperazine rings is 1. The summed E-state index contributed by atoms with van der Waals surface area (Å²) >= 11 is 13.5. The van der Waals surface area contributed by atoms with E-state index in [1.54, 1.807) is 28.0 Å². The largest absolute Gasteiger partial charge is 0.335 e. The highest BCUT2D eigenvalue weighted by Gasteiger charge is 2.27. The zero-order chi connectivity index (χ0) is 19.6. The molecular formula is C19H21Cl2N3O2S. The van der Waals surface area contributed by atoms with Crippen LogP contribution in [0.2, 0.25) is 10.0 Å². The maximum Gasteiger partial charge on any atom is 0.265 e. The SMILES string of the molecule is CCCc1nc(C)c(C(=O)N2CCN(C(=O)c3cc(Cl)cc(Cl)c3)CC2)s1. The normalized spacial score (nSPS) is 14.5. The molecule has 2 amide bonds. The molecule has 2 heterocycles. The number of amides is 2. The number of rotatable bonds is 4. The molecule has 27 heavy (non-hydrogen) atoms. The Kier molecular flexibility index (Phi) is 6.40. The van der Waals surface area contributed by atoms with Crippen molar-refractivity contribution in [1.29, 1.82) is 0 Å². The van der Waals surface area contributed by atoms with Crippen LogP contribution in [0.1, 0.15) is 44.1 Å². The van der Waals surface area contributed by atoms with Crippen molar-refractivity contribution in [2.24, 2.45) is 0 Å². The average Bonchev–Trinajstić information content (AvgIpc) is 3.00. The second-order valence-electron chi connectivity index (χ2n) is 6.51. The van der Waals surface area contributed by atoms with E-state index in [0.717, 1.165) is 23.5 Å². The molecule has 1 aliphatic heterocycles. The number of halogens is 2. The second kappa shape index (κ2) is 8.59. The Morgan fingerprint density at radius 3 is 2.15 bits per heavy atom. The quantitative estimate of drug-likeness (QED) is 0.732. The molecule has 1 aromatic heterocycles. The molecule has 8 heteroatoms. The van der Waals surface area contributed by atoms with Crippen molar-refractivity contribution in [3.8, 4) is 0 Å². The van der Waals surface area contributed by atoms with Crippen molar-refractivity contribution in [2.45, 2.75) is 26.7 Å². The van der Waals surface area contributed by atoms with Crippen molar-refractivity contribution in [1.82, 2.24) is 14.8 Å². The molecule has 1 aromatic carbocycles. The summed E-state index contributed by atoms with van der Waals surface area (Å²) in [5.74, 6) is -0.115. The molecule has 1 aliphatic rings. The van der Waals surface area contributed by atoms with Gasteiger partial charge in [0.2, 0.25) is 0 Å². The summed E-state index contributed by atoms with van der Waals surface area (Å²) < 4.78 is 0. The Labute approximate surface area is 172 Å². The van der Waals surface area contributed by atoms with Crippen LogP contribution in [0, 0.1) is 6.92 Å². The highest BCUT2D eigenvalue weighted by Crippen LogP contribution is 2.23. The fourth-order valence-electron chi connectivity index (χ4n) is 3.09. The van der Waals surface area contributed by atoms with Crippen molar-refractivity contribution in [3.05, 3.63) is 49.4 Å². The van der Waals surface area contributed by atoms with Crippen molar-refractivity contribution in [2.75, 3.05) is 26.2 Å². The number of aryl methyl sites for hydroxylation is 2. The van der Waals surface area contributed by atoms with Gasteiger partial charge in [0.25, 0.3) is 11.8 Å². The van der Waals surface area contributed by atoms with Crippen LogP contribution in [0.15, 0.2) is 18.2 Å². The van der Waals surface area contributed by atoms with Gasteiger partial charge in [0.1, 0.15) is 4.88 Å². The van der Waals surface area contributed by atoms with Crippen LogP contribution in [-0.2, 0) is 6.42 Å². The molecule has 0 spiro atoms. The van der Waals surface area contributed by atoms with Crippen LogP contribution in [0.5, 0.6) is 0 Å². The van der Waals surface area contributed by atoms with Crippen LogP contribution in [0.3, 0.4) is 0 Å². The Hall–Kier alpha value is -1.63. The van der Waals surface area contributed by atoms with Gasteiger partial charge in [-0.3, -0.25) is 9.59 Å². The number of aromatic nitrogens is 1. The lowest BCUT2D eigenvalue weighted by molar-refractivity contribution is 0.0537. The highest BCUT2D eigenvalue weighted by atomic mass is 35.5. The summed E-state index contributed by atoms with van der Waals surface area (Å²) in [6, 6.07) is 4.83. The van der Waals surface area contributed by atoms with E-state index in [2.05, 4.69) is 11.9 Å². The number of benzene rings is 1. The fraction of sp³-hybridized carbons (Fsp3) is 0.421. The van der Waals surface area contributed by atoms with Gasteiger partial charge in [-0.15, -0.1) is 11.3 Å². The average molecular weight is 426 g/mol. The molecule has 0 atom stereocenters. The smallest absolute Gasteiger partial charge is 0.265 e. The number of hydrogen-bond acceptors (Lipinski definition) is 4. The van der Waals surface area contributed by atoms with Gasteiger partial charge in [0.15, 0.2) is 0 Å². The summed E-state index contributed by atoms with van der Waals surface area (Å²) in [6.07, 6.45) is 1.90. The van der Waals surface area contributed by atoms with E-state index in [9.17, 15) is 9.59 Å². The van der Waals surface area contributed by atoms with Gasteiger partial charge in [-0.1, -0.05) is 30.1 Å². The van der Waals surface area contributed by atoms with Gasteiger partial charge >= 0.3 is 0 Å². The van der Waals surface area contributed by atoms with Crippen LogP contribution < -0.4 is 0 Å². The first-order valence-corrected chi connectivity index (χ1v) is 10.5. The molecule has 2 aromatic rings. The van der Waals surface area contributed by atoms with Gasteiger partial charge in [0.05, 0.1) is 10.7 Å². The molecule has 3 rings (SSSR count). The van der Waals surface area contributed by atoms with Gasteiger partial charge in [-0.25, -0.2) is 4.98 Å². The standard InChI is InChI=1S/C19H21Cl2N3O2S/c1-3-4-16-22-12(2)17(27-16)19(26)24-7-5-23(6-8-24)18(25)13-9-14(20)11-15(21)10-13/h9-11H,3-8H2,1-2H3. The topological polar surface area (TPSA) is 53.5 Å².